The van der Waals surface area contributed by atoms with E-state index in [1.165, 1.54) is 0 Å². The second-order valence-electron chi connectivity index (χ2n) is 5.26. The molecule has 2 aromatic rings. The Morgan fingerprint density at radius 3 is 2.57 bits per heavy atom. The van der Waals surface area contributed by atoms with Gasteiger partial charge in [-0.05, 0) is 36.4 Å². The maximum Gasteiger partial charge on any atom is 0.129 e. The van der Waals surface area contributed by atoms with Gasteiger partial charge in [0.1, 0.15) is 5.75 Å². The van der Waals surface area contributed by atoms with Crippen molar-refractivity contribution in [3.05, 3.63) is 53.1 Å². The molecule has 1 heterocycles. The van der Waals surface area contributed by atoms with Gasteiger partial charge in [-0.25, -0.2) is 0 Å². The first kappa shape index (κ1) is 15.8. The summed E-state index contributed by atoms with van der Waals surface area (Å²) in [5.41, 5.74) is 2.95. The van der Waals surface area contributed by atoms with Gasteiger partial charge in [-0.3, -0.25) is 4.99 Å². The van der Waals surface area contributed by atoms with Crippen LogP contribution in [0.5, 0.6) is 5.75 Å². The predicted octanol–water partition coefficient (Wildman–Crippen LogP) is 3.94. The lowest BCUT2D eigenvalue weighted by molar-refractivity contribution is 0.122. The zero-order valence-electron chi connectivity index (χ0n) is 13.0. The highest BCUT2D eigenvalue weighted by molar-refractivity contribution is 6.30. The molecular weight excluding hydrogens is 312 g/mol. The van der Waals surface area contributed by atoms with E-state index in [1.54, 1.807) is 7.11 Å². The Labute approximate surface area is 141 Å². The van der Waals surface area contributed by atoms with Crippen LogP contribution in [0.3, 0.4) is 0 Å². The maximum absolute atomic E-state index is 5.88. The summed E-state index contributed by atoms with van der Waals surface area (Å²) in [6.45, 7) is 3.34. The summed E-state index contributed by atoms with van der Waals surface area (Å²) in [7, 11) is 1.68. The molecule has 5 heteroatoms. The molecule has 0 atom stereocenters. The van der Waals surface area contributed by atoms with E-state index in [4.69, 9.17) is 21.1 Å². The van der Waals surface area contributed by atoms with Crippen LogP contribution >= 0.6 is 11.6 Å². The number of halogens is 1. The van der Waals surface area contributed by atoms with Crippen molar-refractivity contribution in [2.45, 2.75) is 0 Å². The van der Waals surface area contributed by atoms with Gasteiger partial charge in [0.05, 0.1) is 26.0 Å². The van der Waals surface area contributed by atoms with Gasteiger partial charge in [-0.2, -0.15) is 0 Å². The molecule has 3 rings (SSSR count). The molecule has 120 valence electrons. The Morgan fingerprint density at radius 2 is 1.87 bits per heavy atom. The van der Waals surface area contributed by atoms with Crippen molar-refractivity contribution >= 4 is 29.2 Å². The monoisotopic (exact) mass is 330 g/mol. The normalized spacial score (nSPS) is 15.1. The van der Waals surface area contributed by atoms with Crippen LogP contribution in [0.2, 0.25) is 5.02 Å². The van der Waals surface area contributed by atoms with E-state index in [1.807, 2.05) is 36.5 Å². The van der Waals surface area contributed by atoms with Crippen LogP contribution in [-0.4, -0.2) is 39.6 Å². The standard InChI is InChI=1S/C18H19ClN2O2/c1-22-18-12-17(21-8-10-23-11-9-21)7-2-14(18)13-20-16-5-3-15(19)4-6-16/h2-7,12-13H,8-11H2,1H3. The number of nitrogens with zero attached hydrogens (tertiary/aromatic N) is 2. The van der Waals surface area contributed by atoms with Crippen molar-refractivity contribution in [2.24, 2.45) is 4.99 Å². The lowest BCUT2D eigenvalue weighted by atomic mass is 10.1. The molecule has 1 aliphatic rings. The van der Waals surface area contributed by atoms with E-state index in [-0.39, 0.29) is 0 Å². The first-order valence-electron chi connectivity index (χ1n) is 7.56. The number of hydrogen-bond donors (Lipinski definition) is 0. The summed E-state index contributed by atoms with van der Waals surface area (Å²) in [5.74, 6) is 0.812. The molecule has 0 radical (unpaired) electrons. The summed E-state index contributed by atoms with van der Waals surface area (Å²) in [6, 6.07) is 13.6. The summed E-state index contributed by atoms with van der Waals surface area (Å²) >= 11 is 5.88. The van der Waals surface area contributed by atoms with Crippen molar-refractivity contribution in [3.8, 4) is 5.75 Å². The van der Waals surface area contributed by atoms with Gasteiger partial charge in [-0.15, -0.1) is 0 Å². The molecule has 23 heavy (non-hydrogen) atoms. The van der Waals surface area contributed by atoms with Crippen LogP contribution in [-0.2, 0) is 4.74 Å². The SMILES string of the molecule is COc1cc(N2CCOCC2)ccc1C=Nc1ccc(Cl)cc1. The zero-order chi connectivity index (χ0) is 16.1. The largest absolute Gasteiger partial charge is 0.496 e. The summed E-state index contributed by atoms with van der Waals surface area (Å²) < 4.78 is 10.9. The van der Waals surface area contributed by atoms with Gasteiger partial charge < -0.3 is 14.4 Å². The van der Waals surface area contributed by atoms with Crippen LogP contribution in [0, 0.1) is 0 Å². The van der Waals surface area contributed by atoms with Gasteiger partial charge in [0.2, 0.25) is 0 Å². The van der Waals surface area contributed by atoms with E-state index in [0.29, 0.717) is 5.02 Å². The molecule has 2 aromatic carbocycles. The Balaban J connectivity index is 1.80. The van der Waals surface area contributed by atoms with Crippen molar-refractivity contribution in [1.82, 2.24) is 0 Å². The van der Waals surface area contributed by atoms with Crippen molar-refractivity contribution in [2.75, 3.05) is 38.3 Å². The van der Waals surface area contributed by atoms with Crippen LogP contribution in [0.15, 0.2) is 47.5 Å². The molecule has 0 amide bonds. The number of hydrogen-bond acceptors (Lipinski definition) is 4. The Kier molecular flexibility index (Phi) is 5.16. The highest BCUT2D eigenvalue weighted by Crippen LogP contribution is 2.26. The number of methoxy groups -OCH3 is 1. The third-order valence-corrected chi connectivity index (χ3v) is 4.02. The maximum atomic E-state index is 5.88. The molecule has 1 fully saturated rings. The summed E-state index contributed by atoms with van der Waals surface area (Å²) in [6.07, 6.45) is 1.81. The molecule has 1 aliphatic heterocycles. The molecular formula is C18H19ClN2O2. The second kappa shape index (κ2) is 7.49. The highest BCUT2D eigenvalue weighted by atomic mass is 35.5. The first-order valence-corrected chi connectivity index (χ1v) is 7.94. The molecule has 0 spiro atoms. The summed E-state index contributed by atoms with van der Waals surface area (Å²) in [5, 5.41) is 0.705. The topological polar surface area (TPSA) is 34.1 Å². The molecule has 0 bridgehead atoms. The minimum Gasteiger partial charge on any atom is -0.496 e. The molecule has 0 aliphatic carbocycles. The van der Waals surface area contributed by atoms with Crippen LogP contribution in [0.1, 0.15) is 5.56 Å². The average molecular weight is 331 g/mol. The number of benzene rings is 2. The van der Waals surface area contributed by atoms with Gasteiger partial charge in [0.25, 0.3) is 0 Å². The van der Waals surface area contributed by atoms with E-state index in [2.05, 4.69) is 22.0 Å². The third-order valence-electron chi connectivity index (χ3n) is 3.77. The number of rotatable bonds is 4. The minimum atomic E-state index is 0.705. The zero-order valence-corrected chi connectivity index (χ0v) is 13.8. The average Bonchev–Trinajstić information content (AvgIpc) is 2.62. The van der Waals surface area contributed by atoms with Crippen molar-refractivity contribution in [3.63, 3.8) is 0 Å². The van der Waals surface area contributed by atoms with Crippen LogP contribution in [0.4, 0.5) is 11.4 Å². The Bertz CT molecular complexity index is 680. The highest BCUT2D eigenvalue weighted by Gasteiger charge is 2.13. The Morgan fingerprint density at radius 1 is 1.13 bits per heavy atom. The smallest absolute Gasteiger partial charge is 0.129 e. The predicted molar refractivity (Wildman–Crippen MR) is 94.7 cm³/mol. The van der Waals surface area contributed by atoms with Crippen molar-refractivity contribution in [1.29, 1.82) is 0 Å². The minimum absolute atomic E-state index is 0.705. The molecule has 0 unspecified atom stereocenters. The number of ether oxygens (including phenoxy) is 2. The lowest BCUT2D eigenvalue weighted by Gasteiger charge is -2.29. The van der Waals surface area contributed by atoms with E-state index in [0.717, 1.165) is 49.0 Å². The molecule has 1 saturated heterocycles. The Hall–Kier alpha value is -2.04. The van der Waals surface area contributed by atoms with Crippen LogP contribution < -0.4 is 9.64 Å². The molecule has 4 nitrogen and oxygen atoms in total. The third kappa shape index (κ3) is 4.03. The van der Waals surface area contributed by atoms with E-state index in [9.17, 15) is 0 Å². The number of morpholine rings is 1. The number of anilines is 1. The quantitative estimate of drug-likeness (QED) is 0.796. The fraction of sp³-hybridized carbons (Fsp3) is 0.278. The fourth-order valence-corrected chi connectivity index (χ4v) is 2.62. The summed E-state index contributed by atoms with van der Waals surface area (Å²) in [4.78, 5) is 6.77. The first-order chi connectivity index (χ1) is 11.3. The molecule has 0 saturated carbocycles. The lowest BCUT2D eigenvalue weighted by Crippen LogP contribution is -2.36. The van der Waals surface area contributed by atoms with Crippen molar-refractivity contribution < 1.29 is 9.47 Å². The molecule has 0 N–H and O–H groups in total. The van der Waals surface area contributed by atoms with Crippen LogP contribution in [0.25, 0.3) is 0 Å². The number of aliphatic imine (C=N–C) groups is 1. The van der Waals surface area contributed by atoms with Gasteiger partial charge in [-0.1, -0.05) is 11.6 Å². The second-order valence-corrected chi connectivity index (χ2v) is 5.70. The van der Waals surface area contributed by atoms with Gasteiger partial charge >= 0.3 is 0 Å². The molecule has 0 aromatic heterocycles. The van der Waals surface area contributed by atoms with Gasteiger partial charge in [0, 0.05) is 41.6 Å². The van der Waals surface area contributed by atoms with E-state index >= 15 is 0 Å². The fourth-order valence-electron chi connectivity index (χ4n) is 2.50. The van der Waals surface area contributed by atoms with Gasteiger partial charge in [0.15, 0.2) is 0 Å². The van der Waals surface area contributed by atoms with E-state index < -0.39 is 0 Å².